The van der Waals surface area contributed by atoms with Gasteiger partial charge in [0.1, 0.15) is 4.21 Å². The zero-order valence-electron chi connectivity index (χ0n) is 12.6. The van der Waals surface area contributed by atoms with Crippen LogP contribution in [-0.2, 0) is 16.4 Å². The van der Waals surface area contributed by atoms with Crippen LogP contribution in [0.2, 0.25) is 5.02 Å². The quantitative estimate of drug-likeness (QED) is 0.792. The summed E-state index contributed by atoms with van der Waals surface area (Å²) in [6.45, 7) is 4.40. The molecule has 2 heterocycles. The third-order valence-corrected chi connectivity index (χ3v) is 7.71. The van der Waals surface area contributed by atoms with E-state index in [1.165, 1.54) is 15.6 Å². The number of aryl methyl sites for hydroxylation is 3. The van der Waals surface area contributed by atoms with Crippen molar-refractivity contribution < 1.29 is 8.42 Å². The topological polar surface area (TPSA) is 37.4 Å². The highest BCUT2D eigenvalue weighted by molar-refractivity contribution is 7.94. The first-order valence-electron chi connectivity index (χ1n) is 7.28. The van der Waals surface area contributed by atoms with Gasteiger partial charge in [-0.25, -0.2) is 8.42 Å². The number of halogens is 1. The Kier molecular flexibility index (Phi) is 4.23. The molecule has 0 unspecified atom stereocenters. The minimum Gasteiger partial charge on any atom is -0.265 e. The van der Waals surface area contributed by atoms with Crippen molar-refractivity contribution in [1.82, 2.24) is 0 Å². The average Bonchev–Trinajstić information content (AvgIpc) is 2.70. The van der Waals surface area contributed by atoms with Crippen molar-refractivity contribution in [3.05, 3.63) is 45.3 Å². The summed E-state index contributed by atoms with van der Waals surface area (Å²) in [6.07, 6.45) is 2.74. The van der Waals surface area contributed by atoms with Crippen LogP contribution in [0, 0.1) is 13.8 Å². The van der Waals surface area contributed by atoms with E-state index in [-0.39, 0.29) is 0 Å². The highest BCUT2D eigenvalue weighted by Crippen LogP contribution is 2.35. The first-order chi connectivity index (χ1) is 10.4. The zero-order chi connectivity index (χ0) is 15.9. The summed E-state index contributed by atoms with van der Waals surface area (Å²) in [6, 6.07) is 7.31. The summed E-state index contributed by atoms with van der Waals surface area (Å²) >= 11 is 7.44. The number of anilines is 1. The zero-order valence-corrected chi connectivity index (χ0v) is 15.0. The van der Waals surface area contributed by atoms with E-state index in [1.54, 1.807) is 12.1 Å². The largest absolute Gasteiger partial charge is 0.273 e. The smallest absolute Gasteiger partial charge is 0.265 e. The maximum Gasteiger partial charge on any atom is 0.273 e. The summed E-state index contributed by atoms with van der Waals surface area (Å²) in [5, 5.41) is 0.569. The Balaban J connectivity index is 2.13. The van der Waals surface area contributed by atoms with Gasteiger partial charge in [-0.15, -0.1) is 11.3 Å². The standard InChI is InChI=1S/C16H18ClNO2S2/c1-11-9-16(21-12(11)2)22(19,20)18-8-4-3-5-13-6-7-14(17)10-15(13)18/h6-7,9-10H,3-5,8H2,1-2H3. The van der Waals surface area contributed by atoms with Gasteiger partial charge in [-0.2, -0.15) is 0 Å². The predicted octanol–water partition coefficient (Wildman–Crippen LogP) is 4.55. The van der Waals surface area contributed by atoms with Gasteiger partial charge in [-0.1, -0.05) is 17.7 Å². The minimum atomic E-state index is -3.52. The summed E-state index contributed by atoms with van der Waals surface area (Å²) in [7, 11) is -3.52. The van der Waals surface area contributed by atoms with Crippen LogP contribution < -0.4 is 4.31 Å². The number of fused-ring (bicyclic) bond motifs is 1. The number of thiophene rings is 1. The van der Waals surface area contributed by atoms with Crippen LogP contribution in [0.3, 0.4) is 0 Å². The van der Waals surface area contributed by atoms with E-state index in [0.29, 0.717) is 15.8 Å². The fourth-order valence-corrected chi connectivity index (χ4v) is 6.03. The molecule has 118 valence electrons. The molecule has 1 aromatic carbocycles. The van der Waals surface area contributed by atoms with Crippen LogP contribution >= 0.6 is 22.9 Å². The molecule has 3 nitrogen and oxygen atoms in total. The molecule has 0 amide bonds. The van der Waals surface area contributed by atoms with E-state index >= 15 is 0 Å². The third kappa shape index (κ3) is 2.77. The Labute approximate surface area is 140 Å². The molecule has 0 aliphatic carbocycles. The summed E-state index contributed by atoms with van der Waals surface area (Å²) in [5.41, 5.74) is 2.80. The Bertz CT molecular complexity index is 792. The number of nitrogens with zero attached hydrogens (tertiary/aromatic N) is 1. The van der Waals surface area contributed by atoms with Crippen molar-refractivity contribution in [3.8, 4) is 0 Å². The lowest BCUT2D eigenvalue weighted by Crippen LogP contribution is -2.31. The second-order valence-corrected chi connectivity index (χ2v) is 9.39. The molecular formula is C16H18ClNO2S2. The van der Waals surface area contributed by atoms with Crippen LogP contribution in [0.25, 0.3) is 0 Å². The highest BCUT2D eigenvalue weighted by Gasteiger charge is 2.29. The Morgan fingerprint density at radius 3 is 2.64 bits per heavy atom. The van der Waals surface area contributed by atoms with Crippen LogP contribution in [0.1, 0.15) is 28.8 Å². The normalized spacial score (nSPS) is 15.5. The van der Waals surface area contributed by atoms with E-state index in [9.17, 15) is 8.42 Å². The molecule has 0 fully saturated rings. The van der Waals surface area contributed by atoms with Crippen molar-refractivity contribution in [2.24, 2.45) is 0 Å². The van der Waals surface area contributed by atoms with Crippen molar-refractivity contribution in [3.63, 3.8) is 0 Å². The lowest BCUT2D eigenvalue weighted by atomic mass is 10.1. The summed E-state index contributed by atoms with van der Waals surface area (Å²) in [5.74, 6) is 0. The average molecular weight is 356 g/mol. The van der Waals surface area contributed by atoms with E-state index in [0.717, 1.165) is 41.0 Å². The van der Waals surface area contributed by atoms with Crippen LogP contribution in [0.4, 0.5) is 5.69 Å². The van der Waals surface area contributed by atoms with Crippen molar-refractivity contribution >= 4 is 38.6 Å². The SMILES string of the molecule is Cc1cc(S(=O)(=O)N2CCCCc3ccc(Cl)cc32)sc1C. The van der Waals surface area contributed by atoms with E-state index in [4.69, 9.17) is 11.6 Å². The van der Waals surface area contributed by atoms with E-state index in [2.05, 4.69) is 0 Å². The summed E-state index contributed by atoms with van der Waals surface area (Å²) in [4.78, 5) is 1.04. The number of hydrogen-bond donors (Lipinski definition) is 0. The van der Waals surface area contributed by atoms with Gasteiger partial charge >= 0.3 is 0 Å². The van der Waals surface area contributed by atoms with Gasteiger partial charge in [0.2, 0.25) is 0 Å². The Morgan fingerprint density at radius 2 is 1.95 bits per heavy atom. The molecule has 0 saturated carbocycles. The van der Waals surface area contributed by atoms with Gasteiger partial charge in [0.25, 0.3) is 10.0 Å². The molecule has 1 aliphatic heterocycles. The van der Waals surface area contributed by atoms with Crippen molar-refractivity contribution in [2.75, 3.05) is 10.8 Å². The molecule has 0 N–H and O–H groups in total. The fraction of sp³-hybridized carbons (Fsp3) is 0.375. The second-order valence-electron chi connectivity index (χ2n) is 5.61. The van der Waals surface area contributed by atoms with E-state index < -0.39 is 10.0 Å². The fourth-order valence-electron chi connectivity index (χ4n) is 2.70. The molecule has 1 aromatic heterocycles. The number of benzene rings is 1. The molecular weight excluding hydrogens is 338 g/mol. The van der Waals surface area contributed by atoms with Gasteiger partial charge < -0.3 is 0 Å². The molecule has 3 rings (SSSR count). The van der Waals surface area contributed by atoms with Gasteiger partial charge in [-0.05, 0) is 62.4 Å². The molecule has 2 aromatic rings. The van der Waals surface area contributed by atoms with E-state index in [1.807, 2.05) is 26.0 Å². The van der Waals surface area contributed by atoms with Crippen LogP contribution in [0.15, 0.2) is 28.5 Å². The molecule has 6 heteroatoms. The lowest BCUT2D eigenvalue weighted by molar-refractivity contribution is 0.591. The van der Waals surface area contributed by atoms with Gasteiger partial charge in [0, 0.05) is 16.4 Å². The maximum absolute atomic E-state index is 13.1. The highest BCUT2D eigenvalue weighted by atomic mass is 35.5. The molecule has 22 heavy (non-hydrogen) atoms. The van der Waals surface area contributed by atoms with Crippen LogP contribution in [-0.4, -0.2) is 15.0 Å². The predicted molar refractivity (Wildman–Crippen MR) is 92.7 cm³/mol. The van der Waals surface area contributed by atoms with Gasteiger partial charge in [-0.3, -0.25) is 4.31 Å². The number of rotatable bonds is 2. The van der Waals surface area contributed by atoms with Crippen LogP contribution in [0.5, 0.6) is 0 Å². The Morgan fingerprint density at radius 1 is 1.18 bits per heavy atom. The molecule has 0 radical (unpaired) electrons. The number of sulfonamides is 1. The number of hydrogen-bond acceptors (Lipinski definition) is 3. The van der Waals surface area contributed by atoms with Gasteiger partial charge in [0.05, 0.1) is 5.69 Å². The summed E-state index contributed by atoms with van der Waals surface area (Å²) < 4.78 is 28.1. The molecule has 0 atom stereocenters. The maximum atomic E-state index is 13.1. The van der Waals surface area contributed by atoms with Crippen molar-refractivity contribution in [1.29, 1.82) is 0 Å². The third-order valence-electron chi connectivity index (χ3n) is 4.06. The molecule has 0 spiro atoms. The molecule has 0 bridgehead atoms. The molecule has 1 aliphatic rings. The Hall–Kier alpha value is -1.04. The first kappa shape index (κ1) is 15.8. The lowest BCUT2D eigenvalue weighted by Gasteiger charge is -2.24. The monoisotopic (exact) mass is 355 g/mol. The molecule has 0 saturated heterocycles. The minimum absolute atomic E-state index is 0.412. The van der Waals surface area contributed by atoms with Crippen molar-refractivity contribution in [2.45, 2.75) is 37.3 Å². The first-order valence-corrected chi connectivity index (χ1v) is 9.91. The second kappa shape index (κ2) is 5.87. The van der Waals surface area contributed by atoms with Gasteiger partial charge in [0.15, 0.2) is 0 Å².